The van der Waals surface area contributed by atoms with Crippen LogP contribution in [0.15, 0.2) is 18.2 Å². The number of ether oxygens (including phenoxy) is 2. The summed E-state index contributed by atoms with van der Waals surface area (Å²) >= 11 is 5.91. The second kappa shape index (κ2) is 6.04. The van der Waals surface area contributed by atoms with Crippen molar-refractivity contribution in [2.45, 2.75) is 32.4 Å². The van der Waals surface area contributed by atoms with Crippen LogP contribution < -0.4 is 10.1 Å². The van der Waals surface area contributed by atoms with Gasteiger partial charge in [0.2, 0.25) is 0 Å². The Hall–Kier alpha value is -1.95. The van der Waals surface area contributed by atoms with E-state index in [4.69, 9.17) is 21.1 Å². The minimum absolute atomic E-state index is 0.0227. The molecule has 6 nitrogen and oxygen atoms in total. The molecule has 1 N–H and O–H groups in total. The monoisotopic (exact) mass is 326 g/mol. The van der Waals surface area contributed by atoms with Crippen LogP contribution in [0.5, 0.6) is 5.75 Å². The number of benzene rings is 1. The lowest BCUT2D eigenvalue weighted by Gasteiger charge is -2.28. The number of hydrogen-bond acceptors (Lipinski definition) is 4. The fraction of sp³-hybridized carbons (Fsp3) is 0.467. The molecular formula is C15H19ClN2O4. The van der Waals surface area contributed by atoms with E-state index in [0.717, 1.165) is 0 Å². The number of carbonyl (C=O) groups is 2. The van der Waals surface area contributed by atoms with Gasteiger partial charge < -0.3 is 14.8 Å². The van der Waals surface area contributed by atoms with Crippen LogP contribution in [-0.4, -0.2) is 42.2 Å². The predicted molar refractivity (Wildman–Crippen MR) is 83.4 cm³/mol. The highest BCUT2D eigenvalue weighted by Gasteiger charge is 2.33. The zero-order valence-electron chi connectivity index (χ0n) is 13.0. The zero-order chi connectivity index (χ0) is 16.5. The van der Waals surface area contributed by atoms with Crippen LogP contribution in [0.3, 0.4) is 0 Å². The lowest BCUT2D eigenvalue weighted by atomic mass is 10.2. The maximum absolute atomic E-state index is 12.3. The van der Waals surface area contributed by atoms with Crippen molar-refractivity contribution >= 4 is 29.3 Å². The molecule has 0 unspecified atom stereocenters. The Morgan fingerprint density at radius 3 is 2.77 bits per heavy atom. The van der Waals surface area contributed by atoms with E-state index in [0.29, 0.717) is 16.5 Å². The molecule has 0 aromatic heterocycles. The van der Waals surface area contributed by atoms with E-state index in [1.54, 1.807) is 39.0 Å². The second-order valence-corrected chi connectivity index (χ2v) is 6.48. The molecule has 7 heteroatoms. The average molecular weight is 327 g/mol. The second-order valence-electron chi connectivity index (χ2n) is 6.05. The highest BCUT2D eigenvalue weighted by molar-refractivity contribution is 6.30. The van der Waals surface area contributed by atoms with Gasteiger partial charge in [0, 0.05) is 18.1 Å². The zero-order valence-corrected chi connectivity index (χ0v) is 13.7. The molecule has 2 amide bonds. The minimum atomic E-state index is -0.791. The number of halogens is 1. The number of likely N-dealkylation sites (N-methyl/N-ethyl adjacent to an activating group) is 1. The quantitative estimate of drug-likeness (QED) is 0.861. The van der Waals surface area contributed by atoms with E-state index in [1.165, 1.54) is 11.9 Å². The first kappa shape index (κ1) is 16.4. The van der Waals surface area contributed by atoms with Gasteiger partial charge in [0.05, 0.1) is 5.69 Å². The molecule has 22 heavy (non-hydrogen) atoms. The molecule has 0 fully saturated rings. The molecular weight excluding hydrogens is 308 g/mol. The van der Waals surface area contributed by atoms with Crippen LogP contribution in [0.1, 0.15) is 20.8 Å². The summed E-state index contributed by atoms with van der Waals surface area (Å²) < 4.78 is 10.9. The molecule has 0 radical (unpaired) electrons. The summed E-state index contributed by atoms with van der Waals surface area (Å²) in [5, 5.41) is 3.23. The van der Waals surface area contributed by atoms with Crippen LogP contribution in [0.2, 0.25) is 5.02 Å². The lowest BCUT2D eigenvalue weighted by Crippen LogP contribution is -2.49. The van der Waals surface area contributed by atoms with Gasteiger partial charge in [0.25, 0.3) is 5.91 Å². The number of amides is 2. The molecule has 1 aromatic carbocycles. The molecule has 1 aliphatic heterocycles. The lowest BCUT2D eigenvalue weighted by molar-refractivity contribution is -0.121. The van der Waals surface area contributed by atoms with E-state index < -0.39 is 17.7 Å². The van der Waals surface area contributed by atoms with Gasteiger partial charge in [0.15, 0.2) is 0 Å². The Labute approximate surface area is 134 Å². The SMILES string of the molecule is CN(C(=O)OC(C)(C)C)[C@H]1COc2cc(Cl)ccc2NC1=O. The molecule has 0 aliphatic carbocycles. The smallest absolute Gasteiger partial charge is 0.410 e. The molecule has 0 saturated heterocycles. The summed E-state index contributed by atoms with van der Waals surface area (Å²) in [5.41, 5.74) is -0.112. The van der Waals surface area contributed by atoms with Gasteiger partial charge in [0.1, 0.15) is 24.0 Å². The topological polar surface area (TPSA) is 67.9 Å². The van der Waals surface area contributed by atoms with Crippen molar-refractivity contribution in [3.63, 3.8) is 0 Å². The maximum Gasteiger partial charge on any atom is 0.410 e. The van der Waals surface area contributed by atoms with Gasteiger partial charge in [-0.05, 0) is 32.9 Å². The van der Waals surface area contributed by atoms with E-state index in [2.05, 4.69) is 5.32 Å². The van der Waals surface area contributed by atoms with Crippen molar-refractivity contribution in [1.82, 2.24) is 4.90 Å². The summed E-state index contributed by atoms with van der Waals surface area (Å²) in [6.07, 6.45) is -0.583. The first-order chi connectivity index (χ1) is 10.2. The largest absolute Gasteiger partial charge is 0.489 e. The molecule has 1 aliphatic rings. The highest BCUT2D eigenvalue weighted by Crippen LogP contribution is 2.30. The third kappa shape index (κ3) is 3.82. The molecule has 1 aromatic rings. The van der Waals surface area contributed by atoms with Gasteiger partial charge in [-0.1, -0.05) is 11.6 Å². The Bertz CT molecular complexity index is 598. The Kier molecular flexibility index (Phi) is 4.51. The Morgan fingerprint density at radius 1 is 1.45 bits per heavy atom. The van der Waals surface area contributed by atoms with E-state index in [1.807, 2.05) is 0 Å². The van der Waals surface area contributed by atoms with Gasteiger partial charge >= 0.3 is 6.09 Å². The molecule has 1 atom stereocenters. The predicted octanol–water partition coefficient (Wildman–Crippen LogP) is 2.91. The molecule has 120 valence electrons. The van der Waals surface area contributed by atoms with E-state index in [-0.39, 0.29) is 12.5 Å². The van der Waals surface area contributed by atoms with Crippen LogP contribution in [0.4, 0.5) is 10.5 Å². The first-order valence-electron chi connectivity index (χ1n) is 6.86. The average Bonchev–Trinajstić information content (AvgIpc) is 2.54. The number of carbonyl (C=O) groups excluding carboxylic acids is 2. The van der Waals surface area contributed by atoms with Crippen LogP contribution in [-0.2, 0) is 9.53 Å². The van der Waals surface area contributed by atoms with E-state index in [9.17, 15) is 9.59 Å². The standard InChI is InChI=1S/C15H19ClN2O4/c1-15(2,3)22-14(20)18(4)11-8-21-12-7-9(16)5-6-10(12)17-13(11)19/h5-7,11H,8H2,1-4H3,(H,17,19)/t11-/m0/s1. The van der Waals surface area contributed by atoms with Crippen LogP contribution >= 0.6 is 11.6 Å². The molecule has 1 heterocycles. The van der Waals surface area contributed by atoms with Crippen molar-refractivity contribution in [2.24, 2.45) is 0 Å². The number of fused-ring (bicyclic) bond motifs is 1. The van der Waals surface area contributed by atoms with Crippen molar-refractivity contribution < 1.29 is 19.1 Å². The summed E-state index contributed by atoms with van der Waals surface area (Å²) in [4.78, 5) is 25.6. The number of anilines is 1. The third-order valence-electron chi connectivity index (χ3n) is 3.05. The molecule has 0 spiro atoms. The van der Waals surface area contributed by atoms with Crippen molar-refractivity contribution in [3.05, 3.63) is 23.2 Å². The summed E-state index contributed by atoms with van der Waals surface area (Å²) in [6, 6.07) is 4.14. The van der Waals surface area contributed by atoms with Gasteiger partial charge in [-0.25, -0.2) is 4.79 Å². The van der Waals surface area contributed by atoms with E-state index >= 15 is 0 Å². The van der Waals surface area contributed by atoms with Crippen LogP contribution in [0, 0.1) is 0 Å². The summed E-state index contributed by atoms with van der Waals surface area (Å²) in [6.45, 7) is 5.32. The summed E-state index contributed by atoms with van der Waals surface area (Å²) in [5.74, 6) is 0.135. The minimum Gasteiger partial charge on any atom is -0.489 e. The molecule has 0 bridgehead atoms. The Morgan fingerprint density at radius 2 is 2.14 bits per heavy atom. The number of hydrogen-bond donors (Lipinski definition) is 1. The summed E-state index contributed by atoms with van der Waals surface area (Å²) in [7, 11) is 1.50. The fourth-order valence-electron chi connectivity index (χ4n) is 1.93. The highest BCUT2D eigenvalue weighted by atomic mass is 35.5. The van der Waals surface area contributed by atoms with Gasteiger partial charge in [-0.15, -0.1) is 0 Å². The van der Waals surface area contributed by atoms with Gasteiger partial charge in [-0.2, -0.15) is 0 Å². The van der Waals surface area contributed by atoms with Crippen LogP contribution in [0.25, 0.3) is 0 Å². The third-order valence-corrected chi connectivity index (χ3v) is 3.28. The number of nitrogens with zero attached hydrogens (tertiary/aromatic N) is 1. The number of nitrogens with one attached hydrogen (secondary N) is 1. The van der Waals surface area contributed by atoms with Gasteiger partial charge in [-0.3, -0.25) is 9.69 Å². The Balaban J connectivity index is 2.14. The molecule has 2 rings (SSSR count). The fourth-order valence-corrected chi connectivity index (χ4v) is 2.09. The first-order valence-corrected chi connectivity index (χ1v) is 7.24. The van der Waals surface area contributed by atoms with Crippen molar-refractivity contribution in [3.8, 4) is 5.75 Å². The normalized spacial score (nSPS) is 17.7. The van der Waals surface area contributed by atoms with Crippen molar-refractivity contribution in [2.75, 3.05) is 19.0 Å². The maximum atomic E-state index is 12.3. The van der Waals surface area contributed by atoms with Crippen molar-refractivity contribution in [1.29, 1.82) is 0 Å². The molecule has 0 saturated carbocycles. The number of rotatable bonds is 1.